The van der Waals surface area contributed by atoms with Crippen molar-refractivity contribution in [3.63, 3.8) is 0 Å². The Labute approximate surface area is 109 Å². The van der Waals surface area contributed by atoms with Crippen molar-refractivity contribution in [3.8, 4) is 0 Å². The van der Waals surface area contributed by atoms with Crippen LogP contribution in [-0.4, -0.2) is 28.1 Å². The van der Waals surface area contributed by atoms with E-state index in [4.69, 9.17) is 11.6 Å². The summed E-state index contributed by atoms with van der Waals surface area (Å²) in [4.78, 5) is 15.7. The minimum Gasteiger partial charge on any atom is -0.360 e. The molecule has 0 aliphatic rings. The van der Waals surface area contributed by atoms with Gasteiger partial charge in [0.25, 0.3) is 6.20 Å². The SMILES string of the molecule is CSC(=C[N+](=O)[O-])N(C)Cc1ccc(Cl)nc1. The second-order valence-corrected chi connectivity index (χ2v) is 4.52. The quantitative estimate of drug-likeness (QED) is 0.469. The molecular formula is C10H12ClN3O2S. The molecule has 92 valence electrons. The molecule has 0 aliphatic carbocycles. The van der Waals surface area contributed by atoms with Gasteiger partial charge in [-0.05, 0) is 17.9 Å². The second kappa shape index (κ2) is 6.46. The van der Waals surface area contributed by atoms with Crippen LogP contribution < -0.4 is 0 Å². The van der Waals surface area contributed by atoms with Crippen LogP contribution in [0.25, 0.3) is 0 Å². The first-order chi connectivity index (χ1) is 8.02. The Morgan fingerprint density at radius 2 is 2.41 bits per heavy atom. The summed E-state index contributed by atoms with van der Waals surface area (Å²) in [6, 6.07) is 3.54. The van der Waals surface area contributed by atoms with Crippen LogP contribution in [0.3, 0.4) is 0 Å². The molecule has 0 bridgehead atoms. The lowest BCUT2D eigenvalue weighted by Gasteiger charge is -2.18. The zero-order valence-corrected chi connectivity index (χ0v) is 11.0. The molecule has 1 aromatic heterocycles. The molecule has 0 amide bonds. The van der Waals surface area contributed by atoms with Crippen molar-refractivity contribution < 1.29 is 4.92 Å². The average Bonchev–Trinajstić information content (AvgIpc) is 2.28. The molecule has 0 atom stereocenters. The summed E-state index contributed by atoms with van der Waals surface area (Å²) in [5.74, 6) is 0. The standard InChI is InChI=1S/C10H12ClN3O2S/c1-13(10(17-2)7-14(15)16)6-8-3-4-9(11)12-5-8/h3-5,7H,6H2,1-2H3. The van der Waals surface area contributed by atoms with Crippen molar-refractivity contribution in [2.75, 3.05) is 13.3 Å². The molecule has 1 aromatic rings. The van der Waals surface area contributed by atoms with Gasteiger partial charge >= 0.3 is 0 Å². The van der Waals surface area contributed by atoms with Gasteiger partial charge in [-0.25, -0.2) is 4.98 Å². The molecule has 7 heteroatoms. The lowest BCUT2D eigenvalue weighted by atomic mass is 10.3. The topological polar surface area (TPSA) is 59.3 Å². The maximum atomic E-state index is 10.4. The smallest absolute Gasteiger partial charge is 0.264 e. The number of hydrogen-bond acceptors (Lipinski definition) is 5. The Kier molecular flexibility index (Phi) is 5.24. The number of thioether (sulfide) groups is 1. The Morgan fingerprint density at radius 1 is 1.71 bits per heavy atom. The van der Waals surface area contributed by atoms with Crippen LogP contribution in [0.5, 0.6) is 0 Å². The molecule has 0 N–H and O–H groups in total. The van der Waals surface area contributed by atoms with Crippen molar-refractivity contribution >= 4 is 23.4 Å². The van der Waals surface area contributed by atoms with Gasteiger partial charge in [-0.2, -0.15) is 0 Å². The van der Waals surface area contributed by atoms with Crippen molar-refractivity contribution in [1.29, 1.82) is 0 Å². The van der Waals surface area contributed by atoms with E-state index in [0.29, 0.717) is 16.7 Å². The third-order valence-corrected chi connectivity index (χ3v) is 3.07. The summed E-state index contributed by atoms with van der Waals surface area (Å²) in [5, 5.41) is 11.5. The van der Waals surface area contributed by atoms with Crippen molar-refractivity contribution in [2.45, 2.75) is 6.54 Å². The Bertz CT molecular complexity index is 422. The number of hydrogen-bond donors (Lipinski definition) is 0. The molecule has 0 unspecified atom stereocenters. The van der Waals surface area contributed by atoms with E-state index in [1.54, 1.807) is 30.5 Å². The normalized spacial score (nSPS) is 11.4. The maximum Gasteiger partial charge on any atom is 0.264 e. The number of nitro groups is 1. The molecule has 0 aliphatic heterocycles. The summed E-state index contributed by atoms with van der Waals surface area (Å²) in [5.41, 5.74) is 0.945. The van der Waals surface area contributed by atoms with Crippen LogP contribution in [0, 0.1) is 10.1 Å². The highest BCUT2D eigenvalue weighted by atomic mass is 35.5. The molecule has 1 heterocycles. The van der Waals surface area contributed by atoms with Gasteiger partial charge in [-0.3, -0.25) is 10.1 Å². The molecule has 0 spiro atoms. The monoisotopic (exact) mass is 273 g/mol. The van der Waals surface area contributed by atoms with E-state index in [0.717, 1.165) is 11.8 Å². The van der Waals surface area contributed by atoms with Crippen molar-refractivity contribution in [2.24, 2.45) is 0 Å². The van der Waals surface area contributed by atoms with Crippen LogP contribution >= 0.6 is 23.4 Å². The maximum absolute atomic E-state index is 10.4. The molecule has 0 aromatic carbocycles. The number of nitrogens with zero attached hydrogens (tertiary/aromatic N) is 3. The van der Waals surface area contributed by atoms with E-state index < -0.39 is 4.92 Å². The molecule has 0 saturated heterocycles. The number of aromatic nitrogens is 1. The fraction of sp³-hybridized carbons (Fsp3) is 0.300. The number of halogens is 1. The third kappa shape index (κ3) is 4.62. The van der Waals surface area contributed by atoms with E-state index in [-0.39, 0.29) is 0 Å². The Balaban J connectivity index is 2.73. The lowest BCUT2D eigenvalue weighted by molar-refractivity contribution is -0.403. The van der Waals surface area contributed by atoms with Crippen LogP contribution in [0.15, 0.2) is 29.6 Å². The molecule has 0 saturated carbocycles. The van der Waals surface area contributed by atoms with E-state index in [1.807, 2.05) is 6.07 Å². The lowest BCUT2D eigenvalue weighted by Crippen LogP contribution is -2.16. The fourth-order valence-corrected chi connectivity index (χ4v) is 1.93. The summed E-state index contributed by atoms with van der Waals surface area (Å²) < 4.78 is 0. The van der Waals surface area contributed by atoms with E-state index in [1.165, 1.54) is 11.8 Å². The summed E-state index contributed by atoms with van der Waals surface area (Å²) in [6.45, 7) is 0.546. The Hall–Kier alpha value is -1.27. The first-order valence-corrected chi connectivity index (χ1v) is 6.34. The number of pyridine rings is 1. The van der Waals surface area contributed by atoms with Gasteiger partial charge in [0.15, 0.2) is 0 Å². The summed E-state index contributed by atoms with van der Waals surface area (Å²) in [6.07, 6.45) is 4.45. The van der Waals surface area contributed by atoms with Crippen LogP contribution in [0.2, 0.25) is 5.15 Å². The Morgan fingerprint density at radius 3 is 2.88 bits per heavy atom. The molecule has 5 nitrogen and oxygen atoms in total. The van der Waals surface area contributed by atoms with Crippen molar-refractivity contribution in [1.82, 2.24) is 9.88 Å². The fourth-order valence-electron chi connectivity index (χ4n) is 1.25. The van der Waals surface area contributed by atoms with Gasteiger partial charge in [-0.15, -0.1) is 11.8 Å². The highest BCUT2D eigenvalue weighted by Gasteiger charge is 2.08. The predicted molar refractivity (Wildman–Crippen MR) is 69.3 cm³/mol. The highest BCUT2D eigenvalue weighted by Crippen LogP contribution is 2.18. The molecule has 17 heavy (non-hydrogen) atoms. The largest absolute Gasteiger partial charge is 0.360 e. The zero-order valence-electron chi connectivity index (χ0n) is 9.46. The average molecular weight is 274 g/mol. The zero-order chi connectivity index (χ0) is 12.8. The second-order valence-electron chi connectivity index (χ2n) is 3.30. The van der Waals surface area contributed by atoms with Crippen LogP contribution in [0.1, 0.15) is 5.56 Å². The molecular weight excluding hydrogens is 262 g/mol. The minimum atomic E-state index is -0.456. The molecule has 0 radical (unpaired) electrons. The third-order valence-electron chi connectivity index (χ3n) is 2.01. The van der Waals surface area contributed by atoms with Gasteiger partial charge in [0.05, 0.1) is 4.92 Å². The van der Waals surface area contributed by atoms with E-state index >= 15 is 0 Å². The number of rotatable bonds is 5. The van der Waals surface area contributed by atoms with Crippen LogP contribution in [0.4, 0.5) is 0 Å². The minimum absolute atomic E-state index is 0.433. The molecule has 0 fully saturated rings. The first kappa shape index (κ1) is 13.8. The summed E-state index contributed by atoms with van der Waals surface area (Å²) in [7, 11) is 1.79. The van der Waals surface area contributed by atoms with Gasteiger partial charge in [0.1, 0.15) is 10.2 Å². The van der Waals surface area contributed by atoms with E-state index in [9.17, 15) is 10.1 Å². The van der Waals surface area contributed by atoms with Gasteiger partial charge in [-0.1, -0.05) is 17.7 Å². The van der Waals surface area contributed by atoms with Gasteiger partial charge in [0, 0.05) is 19.8 Å². The highest BCUT2D eigenvalue weighted by molar-refractivity contribution is 8.02. The van der Waals surface area contributed by atoms with Crippen molar-refractivity contribution in [3.05, 3.63) is 50.4 Å². The molecule has 1 rings (SSSR count). The van der Waals surface area contributed by atoms with Gasteiger partial charge < -0.3 is 4.90 Å². The first-order valence-electron chi connectivity index (χ1n) is 4.74. The van der Waals surface area contributed by atoms with Crippen LogP contribution in [-0.2, 0) is 6.54 Å². The summed E-state index contributed by atoms with van der Waals surface area (Å²) >= 11 is 7.01. The predicted octanol–water partition coefficient (Wildman–Crippen LogP) is 2.61. The van der Waals surface area contributed by atoms with Gasteiger partial charge in [0.2, 0.25) is 0 Å². The van der Waals surface area contributed by atoms with E-state index in [2.05, 4.69) is 4.98 Å².